The van der Waals surface area contributed by atoms with Gasteiger partial charge in [0.1, 0.15) is 5.82 Å². The fourth-order valence-electron chi connectivity index (χ4n) is 0.980. The van der Waals surface area contributed by atoms with Gasteiger partial charge in [-0.25, -0.2) is 10.8 Å². The van der Waals surface area contributed by atoms with E-state index < -0.39 is 0 Å². The second kappa shape index (κ2) is 6.23. The average molecular weight is 289 g/mol. The van der Waals surface area contributed by atoms with E-state index >= 15 is 0 Å². The van der Waals surface area contributed by atoms with Crippen molar-refractivity contribution in [3.05, 3.63) is 10.7 Å². The number of hydrazine groups is 1. The first-order valence-electron chi connectivity index (χ1n) is 4.61. The van der Waals surface area contributed by atoms with Crippen molar-refractivity contribution in [2.45, 2.75) is 6.92 Å². The Morgan fingerprint density at radius 3 is 2.94 bits per heavy atom. The number of nitrogen functional groups attached to an aromatic ring is 1. The van der Waals surface area contributed by atoms with Crippen molar-refractivity contribution < 1.29 is 4.79 Å². The molecule has 0 aliphatic heterocycles. The third-order valence-electron chi connectivity index (χ3n) is 1.66. The SMILES string of the molecule is CC(=O)NCCNc1nc(NN)ncc1Br. The molecule has 1 aromatic rings. The Kier molecular flexibility index (Phi) is 4.93. The second-order valence-electron chi connectivity index (χ2n) is 2.94. The number of nitrogens with one attached hydrogen (secondary N) is 3. The topological polar surface area (TPSA) is 105 Å². The van der Waals surface area contributed by atoms with Gasteiger partial charge in [-0.3, -0.25) is 10.2 Å². The molecule has 0 fully saturated rings. The first-order chi connectivity index (χ1) is 7.63. The van der Waals surface area contributed by atoms with Crippen LogP contribution in [0, 0.1) is 0 Å². The molecule has 1 amide bonds. The zero-order valence-electron chi connectivity index (χ0n) is 8.75. The molecule has 1 rings (SSSR count). The van der Waals surface area contributed by atoms with E-state index in [4.69, 9.17) is 5.84 Å². The van der Waals surface area contributed by atoms with Crippen molar-refractivity contribution in [3.8, 4) is 0 Å². The number of aromatic nitrogens is 2. The van der Waals surface area contributed by atoms with Crippen LogP contribution >= 0.6 is 15.9 Å². The molecule has 88 valence electrons. The number of hydrogen-bond donors (Lipinski definition) is 4. The van der Waals surface area contributed by atoms with Crippen molar-refractivity contribution in [2.24, 2.45) is 5.84 Å². The third-order valence-corrected chi connectivity index (χ3v) is 2.24. The highest BCUT2D eigenvalue weighted by Crippen LogP contribution is 2.19. The highest BCUT2D eigenvalue weighted by Gasteiger charge is 2.03. The Morgan fingerprint density at radius 1 is 1.56 bits per heavy atom. The van der Waals surface area contributed by atoms with Gasteiger partial charge in [-0.1, -0.05) is 0 Å². The van der Waals surface area contributed by atoms with Crippen LogP contribution in [0.2, 0.25) is 0 Å². The van der Waals surface area contributed by atoms with E-state index in [1.165, 1.54) is 6.92 Å². The number of amides is 1. The van der Waals surface area contributed by atoms with Crippen LogP contribution in [0.5, 0.6) is 0 Å². The van der Waals surface area contributed by atoms with Crippen LogP contribution in [0.3, 0.4) is 0 Å². The molecule has 1 heterocycles. The van der Waals surface area contributed by atoms with Crippen LogP contribution in [0.1, 0.15) is 6.92 Å². The molecule has 0 aliphatic rings. The molecule has 0 spiro atoms. The molecule has 0 aromatic carbocycles. The molecule has 0 aliphatic carbocycles. The van der Waals surface area contributed by atoms with Gasteiger partial charge in [0.25, 0.3) is 0 Å². The number of nitrogens with two attached hydrogens (primary N) is 1. The van der Waals surface area contributed by atoms with Crippen LogP contribution in [0.4, 0.5) is 11.8 Å². The van der Waals surface area contributed by atoms with Gasteiger partial charge < -0.3 is 10.6 Å². The Labute approximate surface area is 101 Å². The molecule has 8 heteroatoms. The monoisotopic (exact) mass is 288 g/mol. The van der Waals surface area contributed by atoms with E-state index in [9.17, 15) is 4.79 Å². The summed E-state index contributed by atoms with van der Waals surface area (Å²) < 4.78 is 0.731. The normalized spacial score (nSPS) is 9.69. The van der Waals surface area contributed by atoms with Crippen LogP contribution in [0.15, 0.2) is 10.7 Å². The summed E-state index contributed by atoms with van der Waals surface area (Å²) in [6, 6.07) is 0. The Bertz CT molecular complexity index is 372. The van der Waals surface area contributed by atoms with Crippen molar-refractivity contribution in [3.63, 3.8) is 0 Å². The Balaban J connectivity index is 2.49. The molecule has 0 saturated heterocycles. The van der Waals surface area contributed by atoms with Gasteiger partial charge >= 0.3 is 0 Å². The van der Waals surface area contributed by atoms with E-state index in [2.05, 4.69) is 42.0 Å². The first kappa shape index (κ1) is 12.7. The zero-order valence-corrected chi connectivity index (χ0v) is 10.3. The lowest BCUT2D eigenvalue weighted by Gasteiger charge is -2.08. The summed E-state index contributed by atoms with van der Waals surface area (Å²) in [5, 5.41) is 5.70. The lowest BCUT2D eigenvalue weighted by Crippen LogP contribution is -2.26. The van der Waals surface area contributed by atoms with E-state index in [1.54, 1.807) is 6.20 Å². The Morgan fingerprint density at radius 2 is 2.31 bits per heavy atom. The summed E-state index contributed by atoms with van der Waals surface area (Å²) in [6.07, 6.45) is 1.59. The smallest absolute Gasteiger partial charge is 0.239 e. The van der Waals surface area contributed by atoms with E-state index in [1.807, 2.05) is 0 Å². The van der Waals surface area contributed by atoms with Crippen molar-refractivity contribution >= 4 is 33.6 Å². The largest absolute Gasteiger partial charge is 0.367 e. The summed E-state index contributed by atoms with van der Waals surface area (Å²) in [7, 11) is 0. The molecular weight excluding hydrogens is 276 g/mol. The average Bonchev–Trinajstić information content (AvgIpc) is 2.26. The molecule has 16 heavy (non-hydrogen) atoms. The molecule has 0 atom stereocenters. The number of carbonyl (C=O) groups excluding carboxylic acids is 1. The van der Waals surface area contributed by atoms with Gasteiger partial charge in [0, 0.05) is 26.2 Å². The summed E-state index contributed by atoms with van der Waals surface area (Å²) in [5.41, 5.74) is 2.35. The predicted molar refractivity (Wildman–Crippen MR) is 64.7 cm³/mol. The lowest BCUT2D eigenvalue weighted by atomic mass is 10.5. The summed E-state index contributed by atoms with van der Waals surface area (Å²) >= 11 is 3.30. The van der Waals surface area contributed by atoms with E-state index in [-0.39, 0.29) is 5.91 Å². The number of carbonyl (C=O) groups is 1. The zero-order chi connectivity index (χ0) is 12.0. The van der Waals surface area contributed by atoms with E-state index in [0.717, 1.165) is 4.47 Å². The maximum atomic E-state index is 10.6. The highest BCUT2D eigenvalue weighted by molar-refractivity contribution is 9.10. The molecule has 0 bridgehead atoms. The van der Waals surface area contributed by atoms with Gasteiger partial charge in [-0.15, -0.1) is 0 Å². The minimum absolute atomic E-state index is 0.0622. The number of hydrogen-bond acceptors (Lipinski definition) is 6. The molecule has 0 saturated carbocycles. The standard InChI is InChI=1S/C8H13BrN6O/c1-5(16)11-2-3-12-7-6(9)4-13-8(14-7)15-10/h4H,2-3,10H2,1H3,(H,11,16)(H2,12,13,14,15). The Hall–Kier alpha value is -1.41. The van der Waals surface area contributed by atoms with Gasteiger partial charge in [-0.05, 0) is 15.9 Å². The van der Waals surface area contributed by atoms with Crippen LogP contribution in [-0.2, 0) is 4.79 Å². The number of halogens is 1. The molecule has 0 unspecified atom stereocenters. The quantitative estimate of drug-likeness (QED) is 0.347. The van der Waals surface area contributed by atoms with Crippen molar-refractivity contribution in [1.82, 2.24) is 15.3 Å². The van der Waals surface area contributed by atoms with Gasteiger partial charge in [0.15, 0.2) is 0 Å². The summed E-state index contributed by atoms with van der Waals surface area (Å²) in [6.45, 7) is 2.56. The minimum atomic E-state index is -0.0622. The number of anilines is 2. The predicted octanol–water partition coefficient (Wildman–Crippen LogP) is 0.0727. The van der Waals surface area contributed by atoms with Gasteiger partial charge in [0.05, 0.1) is 4.47 Å². The van der Waals surface area contributed by atoms with Crippen LogP contribution in [-0.4, -0.2) is 29.0 Å². The fraction of sp³-hybridized carbons (Fsp3) is 0.375. The van der Waals surface area contributed by atoms with Gasteiger partial charge in [-0.2, -0.15) is 4.98 Å². The maximum absolute atomic E-state index is 10.6. The summed E-state index contributed by atoms with van der Waals surface area (Å²) in [5.74, 6) is 6.07. The lowest BCUT2D eigenvalue weighted by molar-refractivity contribution is -0.118. The number of rotatable bonds is 5. The van der Waals surface area contributed by atoms with Crippen molar-refractivity contribution in [1.29, 1.82) is 0 Å². The maximum Gasteiger partial charge on any atom is 0.239 e. The van der Waals surface area contributed by atoms with Crippen molar-refractivity contribution in [2.75, 3.05) is 23.8 Å². The number of nitrogens with zero attached hydrogens (tertiary/aromatic N) is 2. The summed E-state index contributed by atoms with van der Waals surface area (Å²) in [4.78, 5) is 18.6. The van der Waals surface area contributed by atoms with E-state index in [0.29, 0.717) is 24.9 Å². The first-order valence-corrected chi connectivity index (χ1v) is 5.40. The van der Waals surface area contributed by atoms with Gasteiger partial charge in [0.2, 0.25) is 11.9 Å². The third kappa shape index (κ3) is 3.99. The second-order valence-corrected chi connectivity index (χ2v) is 3.80. The minimum Gasteiger partial charge on any atom is -0.367 e. The fourth-order valence-corrected chi connectivity index (χ4v) is 1.31. The molecule has 1 aromatic heterocycles. The molecule has 5 N–H and O–H groups in total. The highest BCUT2D eigenvalue weighted by atomic mass is 79.9. The molecular formula is C8H13BrN6O. The van der Waals surface area contributed by atoms with Crippen LogP contribution < -0.4 is 21.9 Å². The molecule has 7 nitrogen and oxygen atoms in total. The molecule has 0 radical (unpaired) electrons. The van der Waals surface area contributed by atoms with Crippen LogP contribution in [0.25, 0.3) is 0 Å².